The molecule has 0 spiro atoms. The second-order valence-corrected chi connectivity index (χ2v) is 25.8. The third-order valence-electron chi connectivity index (χ3n) is 21.0. The van der Waals surface area contributed by atoms with E-state index in [1.54, 1.807) is 0 Å². The van der Waals surface area contributed by atoms with Gasteiger partial charge in [0.1, 0.15) is 79.4 Å². The third-order valence-corrected chi connectivity index (χ3v) is 21.0. The molecule has 27 atom stereocenters. The number of hydrogen-bond donors (Lipinski definition) is 12. The Morgan fingerprint density at radius 2 is 1.27 bits per heavy atom. The molecule has 75 heavy (non-hydrogen) atoms. The second kappa shape index (κ2) is 20.5. The standard InChI is InChI=1S/C53H84O22/c1-22-30(56)33(59)36(62)44(69-22)72-39-38(64)46(74-41(42(65)66)40(39)73-43-35(61)31(57)25(55)21-68-43)71-29-12-13-50(6)27(49(29,4)5)11-14-52(8)28(50)10-9-23-24-19-48(2,3)15-17-53(24,18-16-51(23,52)7)47(67)75-45-37(63)34(60)32(58)26(20-54)70-45/h9,22,24-41,43-46,54-64H,10-21H2,1-8H3,(H,65,66)/t22-,24+,25+,26-,27+,28-,29+,30-,31+,32-,33+,34+,35+,36-,37-,38-,39+,40+,41+,43+,44+,45-,46+,50-,51-,52-,53+/m1/s1. The summed E-state index contributed by atoms with van der Waals surface area (Å²) in [5.41, 5.74) is -1.21. The summed E-state index contributed by atoms with van der Waals surface area (Å²) in [6.45, 7) is 16.0. The van der Waals surface area contributed by atoms with Crippen LogP contribution in [-0.2, 0) is 47.5 Å². The Morgan fingerprint density at radius 3 is 1.95 bits per heavy atom. The summed E-state index contributed by atoms with van der Waals surface area (Å²) >= 11 is 0. The normalized spacial score (nSPS) is 53.5. The zero-order valence-corrected chi connectivity index (χ0v) is 44.3. The number of allylic oxidation sites excluding steroid dienone is 2. The van der Waals surface area contributed by atoms with Gasteiger partial charge in [0.05, 0.1) is 30.8 Å². The van der Waals surface area contributed by atoms with Crippen LogP contribution in [0.5, 0.6) is 0 Å². The van der Waals surface area contributed by atoms with E-state index >= 15 is 0 Å². The molecule has 22 nitrogen and oxygen atoms in total. The van der Waals surface area contributed by atoms with Crippen LogP contribution in [-0.4, -0.2) is 209 Å². The minimum atomic E-state index is -1.98. The maximum absolute atomic E-state index is 14.8. The molecule has 9 aliphatic rings. The molecule has 4 saturated heterocycles. The number of fused-ring (bicyclic) bond motifs is 7. The van der Waals surface area contributed by atoms with E-state index in [9.17, 15) is 70.9 Å². The summed E-state index contributed by atoms with van der Waals surface area (Å²) in [7, 11) is 0. The van der Waals surface area contributed by atoms with Crippen molar-refractivity contribution in [3.05, 3.63) is 11.6 Å². The van der Waals surface area contributed by atoms with Gasteiger partial charge in [0.25, 0.3) is 0 Å². The lowest BCUT2D eigenvalue weighted by molar-refractivity contribution is -0.383. The first-order valence-electron chi connectivity index (χ1n) is 27.1. The maximum Gasteiger partial charge on any atom is 0.335 e. The number of aliphatic hydroxyl groups excluding tert-OH is 11. The number of carboxylic acids is 1. The molecule has 9 rings (SSSR count). The van der Waals surface area contributed by atoms with Gasteiger partial charge in [-0.25, -0.2) is 4.79 Å². The van der Waals surface area contributed by atoms with E-state index in [0.29, 0.717) is 32.1 Å². The number of esters is 1. The van der Waals surface area contributed by atoms with E-state index in [1.807, 2.05) is 0 Å². The number of ether oxygens (including phenoxy) is 8. The summed E-state index contributed by atoms with van der Waals surface area (Å²) in [5.74, 6) is -2.07. The van der Waals surface area contributed by atoms with Crippen molar-refractivity contribution in [3.63, 3.8) is 0 Å². The molecule has 0 radical (unpaired) electrons. The van der Waals surface area contributed by atoms with Gasteiger partial charge in [-0.3, -0.25) is 4.79 Å². The Balaban J connectivity index is 0.968. The highest BCUT2D eigenvalue weighted by Crippen LogP contribution is 2.76. The lowest BCUT2D eigenvalue weighted by Gasteiger charge is -2.71. The smallest absolute Gasteiger partial charge is 0.335 e. The lowest BCUT2D eigenvalue weighted by atomic mass is 9.33. The van der Waals surface area contributed by atoms with E-state index in [1.165, 1.54) is 12.5 Å². The minimum absolute atomic E-state index is 0.0521. The lowest BCUT2D eigenvalue weighted by Crippen LogP contribution is -2.68. The quantitative estimate of drug-likeness (QED) is 0.0761. The highest BCUT2D eigenvalue weighted by molar-refractivity contribution is 5.79. The van der Waals surface area contributed by atoms with Crippen LogP contribution in [0.15, 0.2) is 11.6 Å². The number of aliphatic hydroxyl groups is 11. The fourth-order valence-electron chi connectivity index (χ4n) is 16.2. The molecule has 0 bridgehead atoms. The molecule has 428 valence electrons. The van der Waals surface area contributed by atoms with Crippen LogP contribution in [0.3, 0.4) is 0 Å². The Morgan fingerprint density at radius 1 is 0.640 bits per heavy atom. The molecule has 4 heterocycles. The van der Waals surface area contributed by atoms with Crippen molar-refractivity contribution >= 4 is 11.9 Å². The van der Waals surface area contributed by atoms with Crippen molar-refractivity contribution in [1.82, 2.24) is 0 Å². The van der Waals surface area contributed by atoms with Gasteiger partial charge in [-0.15, -0.1) is 0 Å². The number of carboxylic acid groups (broad SMARTS) is 1. The van der Waals surface area contributed by atoms with Gasteiger partial charge in [0.15, 0.2) is 25.0 Å². The average Bonchev–Trinajstić information content (AvgIpc) is 3.35. The molecule has 5 aliphatic carbocycles. The van der Waals surface area contributed by atoms with Crippen LogP contribution < -0.4 is 0 Å². The van der Waals surface area contributed by atoms with Gasteiger partial charge in [0.2, 0.25) is 6.29 Å². The van der Waals surface area contributed by atoms with E-state index in [-0.39, 0.29) is 39.4 Å². The number of rotatable bonds is 10. The van der Waals surface area contributed by atoms with Crippen LogP contribution in [0.25, 0.3) is 0 Å². The van der Waals surface area contributed by atoms with Crippen molar-refractivity contribution in [2.75, 3.05) is 13.2 Å². The first-order valence-corrected chi connectivity index (χ1v) is 27.1. The van der Waals surface area contributed by atoms with Gasteiger partial charge in [-0.05, 0) is 116 Å². The molecule has 0 aromatic heterocycles. The number of carbonyl (C=O) groups is 2. The zero-order valence-electron chi connectivity index (χ0n) is 44.3. The fraction of sp³-hybridized carbons (Fsp3) is 0.925. The van der Waals surface area contributed by atoms with E-state index in [4.69, 9.17) is 37.9 Å². The van der Waals surface area contributed by atoms with Crippen LogP contribution in [0.2, 0.25) is 0 Å². The molecule has 4 saturated carbocycles. The molecule has 0 amide bonds. The zero-order chi connectivity index (χ0) is 54.9. The van der Waals surface area contributed by atoms with E-state index in [0.717, 1.165) is 32.1 Å². The fourth-order valence-corrected chi connectivity index (χ4v) is 16.2. The van der Waals surface area contributed by atoms with Gasteiger partial charge < -0.3 is 99.2 Å². The molecule has 0 unspecified atom stereocenters. The monoisotopic (exact) mass is 1070 g/mol. The second-order valence-electron chi connectivity index (χ2n) is 25.8. The first kappa shape index (κ1) is 57.6. The Bertz CT molecular complexity index is 2120. The minimum Gasteiger partial charge on any atom is -0.479 e. The molecular formula is C53H84O22. The van der Waals surface area contributed by atoms with Crippen molar-refractivity contribution in [2.24, 2.45) is 50.2 Å². The number of carbonyl (C=O) groups excluding carboxylic acids is 1. The largest absolute Gasteiger partial charge is 0.479 e. The van der Waals surface area contributed by atoms with Crippen molar-refractivity contribution in [1.29, 1.82) is 0 Å². The summed E-state index contributed by atoms with van der Waals surface area (Å²) in [6.07, 6.45) is -23.2. The number of hydrogen-bond acceptors (Lipinski definition) is 21. The molecule has 0 aromatic rings. The molecule has 12 N–H and O–H groups in total. The highest BCUT2D eigenvalue weighted by Gasteiger charge is 2.70. The van der Waals surface area contributed by atoms with Crippen LogP contribution >= 0.6 is 0 Å². The van der Waals surface area contributed by atoms with Crippen molar-refractivity contribution in [2.45, 2.75) is 242 Å². The predicted octanol–water partition coefficient (Wildman–Crippen LogP) is -0.276. The Kier molecular flexibility index (Phi) is 15.8. The van der Waals surface area contributed by atoms with E-state index in [2.05, 4.69) is 54.5 Å². The predicted molar refractivity (Wildman–Crippen MR) is 256 cm³/mol. The topological polar surface area (TPSA) is 351 Å². The van der Waals surface area contributed by atoms with Gasteiger partial charge in [-0.2, -0.15) is 0 Å². The average molecular weight is 1070 g/mol. The molecule has 4 aliphatic heterocycles. The van der Waals surface area contributed by atoms with Crippen LogP contribution in [0, 0.1) is 50.2 Å². The number of aliphatic carboxylic acids is 1. The molecule has 0 aromatic carbocycles. The van der Waals surface area contributed by atoms with Gasteiger partial charge >= 0.3 is 11.9 Å². The Labute approximate surface area is 437 Å². The van der Waals surface area contributed by atoms with Gasteiger partial charge in [0, 0.05) is 0 Å². The molecular weight excluding hydrogens is 989 g/mol. The third kappa shape index (κ3) is 9.36. The maximum atomic E-state index is 14.8. The molecule has 22 heteroatoms. The summed E-state index contributed by atoms with van der Waals surface area (Å²) < 4.78 is 47.7. The first-order chi connectivity index (χ1) is 35.0. The van der Waals surface area contributed by atoms with Gasteiger partial charge in [-0.1, -0.05) is 60.1 Å². The van der Waals surface area contributed by atoms with Crippen molar-refractivity contribution < 1.29 is 109 Å². The highest BCUT2D eigenvalue weighted by atomic mass is 16.8. The SMILES string of the molecule is C[C@H]1O[C@@H](O[C@H]2[C@@H](O)[C@@H](O[C@H]3CC[C@@]4(C)[C@H]5CC=C6[C@@H]7CC(C)(C)CC[C@]7(C(=O)O[C@H]7O[C@H](CO)[C@@H](O)[C@H](O)[C@H]7O)CC[C@@]6(C)[C@]5(C)CC[C@H]4C3(C)C)O[C@H](C(=O)O)[C@H]2O[C@@H]2OC[C@H](O)[C@H](O)[C@@H]2O)[C@H](O)[C@@H](O)[C@@H]1O. The van der Waals surface area contributed by atoms with Crippen LogP contribution in [0.1, 0.15) is 120 Å². The molecule has 8 fully saturated rings. The summed E-state index contributed by atoms with van der Waals surface area (Å²) in [6, 6.07) is 0. The summed E-state index contributed by atoms with van der Waals surface area (Å²) in [5, 5.41) is 128. The van der Waals surface area contributed by atoms with E-state index < -0.39 is 159 Å². The van der Waals surface area contributed by atoms with Crippen molar-refractivity contribution in [3.8, 4) is 0 Å². The Hall–Kier alpha value is -2.04. The summed E-state index contributed by atoms with van der Waals surface area (Å²) in [4.78, 5) is 27.9. The van der Waals surface area contributed by atoms with Crippen LogP contribution in [0.4, 0.5) is 0 Å².